The van der Waals surface area contributed by atoms with Crippen LogP contribution >= 0.6 is 0 Å². The first kappa shape index (κ1) is 8.02. The van der Waals surface area contributed by atoms with Crippen molar-refractivity contribution in [3.05, 3.63) is 0 Å². The maximum atomic E-state index is 3.34. The smallest absolute Gasteiger partial charge is 0.0133 e. The van der Waals surface area contributed by atoms with Crippen LogP contribution in [0.25, 0.3) is 0 Å². The van der Waals surface area contributed by atoms with E-state index in [0.717, 1.165) is 12.5 Å². The Morgan fingerprint density at radius 3 is 2.50 bits per heavy atom. The topological polar surface area (TPSA) is 15.3 Å². The molecule has 0 aromatic heterocycles. The van der Waals surface area contributed by atoms with Crippen LogP contribution < -0.4 is 5.43 Å². The second-order valence-electron chi connectivity index (χ2n) is 3.18. The molecule has 0 radical (unpaired) electrons. The number of nitrogens with one attached hydrogen (secondary N) is 1. The summed E-state index contributed by atoms with van der Waals surface area (Å²) in [5.74, 6) is 0.940. The maximum absolute atomic E-state index is 3.34. The molecule has 1 saturated heterocycles. The zero-order valence-electron chi connectivity index (χ0n) is 7.06. The summed E-state index contributed by atoms with van der Waals surface area (Å²) in [4.78, 5) is 0. The van der Waals surface area contributed by atoms with Crippen molar-refractivity contribution in [2.45, 2.75) is 26.7 Å². The van der Waals surface area contributed by atoms with Gasteiger partial charge in [0.05, 0.1) is 0 Å². The standard InChI is InChI=1S/C8H18N2/c1-3-9-10-6-4-8(2)5-7-10/h8-9H,3-7H2,1-2H3. The van der Waals surface area contributed by atoms with Gasteiger partial charge < -0.3 is 0 Å². The second kappa shape index (κ2) is 3.94. The minimum Gasteiger partial charge on any atom is -0.255 e. The molecule has 2 heteroatoms. The van der Waals surface area contributed by atoms with E-state index in [0.29, 0.717) is 0 Å². The van der Waals surface area contributed by atoms with Gasteiger partial charge in [0, 0.05) is 19.6 Å². The average molecular weight is 142 g/mol. The summed E-state index contributed by atoms with van der Waals surface area (Å²) in [5, 5.41) is 2.33. The minimum absolute atomic E-state index is 0.940. The molecule has 0 aliphatic carbocycles. The van der Waals surface area contributed by atoms with E-state index < -0.39 is 0 Å². The van der Waals surface area contributed by atoms with Gasteiger partial charge in [0.2, 0.25) is 0 Å². The normalized spacial score (nSPS) is 23.4. The van der Waals surface area contributed by atoms with Crippen LogP contribution in [0.2, 0.25) is 0 Å². The highest BCUT2D eigenvalue weighted by Crippen LogP contribution is 2.13. The van der Waals surface area contributed by atoms with Crippen molar-refractivity contribution < 1.29 is 0 Å². The fourth-order valence-corrected chi connectivity index (χ4v) is 1.39. The molecule has 0 amide bonds. The first-order valence-corrected chi connectivity index (χ1v) is 4.31. The summed E-state index contributed by atoms with van der Waals surface area (Å²) in [6.45, 7) is 8.01. The van der Waals surface area contributed by atoms with E-state index in [4.69, 9.17) is 0 Å². The van der Waals surface area contributed by atoms with E-state index in [1.807, 2.05) is 0 Å². The molecule has 0 aromatic rings. The van der Waals surface area contributed by atoms with Crippen LogP contribution in [0, 0.1) is 5.92 Å². The predicted molar refractivity (Wildman–Crippen MR) is 43.6 cm³/mol. The first-order valence-electron chi connectivity index (χ1n) is 4.31. The third kappa shape index (κ3) is 2.27. The Morgan fingerprint density at radius 1 is 1.40 bits per heavy atom. The van der Waals surface area contributed by atoms with Crippen molar-refractivity contribution in [1.82, 2.24) is 10.4 Å². The zero-order chi connectivity index (χ0) is 7.40. The lowest BCUT2D eigenvalue weighted by Gasteiger charge is -2.30. The first-order chi connectivity index (χ1) is 4.83. The van der Waals surface area contributed by atoms with Crippen molar-refractivity contribution in [3.8, 4) is 0 Å². The number of piperidine rings is 1. The molecule has 1 heterocycles. The maximum Gasteiger partial charge on any atom is 0.0133 e. The molecule has 60 valence electrons. The van der Waals surface area contributed by atoms with Gasteiger partial charge in [-0.3, -0.25) is 5.43 Å². The Hall–Kier alpha value is -0.0800. The van der Waals surface area contributed by atoms with Gasteiger partial charge in [0.15, 0.2) is 0 Å². The lowest BCUT2D eigenvalue weighted by molar-refractivity contribution is 0.133. The molecule has 1 fully saturated rings. The van der Waals surface area contributed by atoms with Crippen LogP contribution in [0.1, 0.15) is 26.7 Å². The van der Waals surface area contributed by atoms with Gasteiger partial charge in [0.1, 0.15) is 0 Å². The van der Waals surface area contributed by atoms with Gasteiger partial charge in [-0.25, -0.2) is 5.01 Å². The second-order valence-corrected chi connectivity index (χ2v) is 3.18. The van der Waals surface area contributed by atoms with Crippen LogP contribution in [0.15, 0.2) is 0 Å². The molecule has 1 rings (SSSR count). The van der Waals surface area contributed by atoms with Crippen LogP contribution in [0.4, 0.5) is 0 Å². The lowest BCUT2D eigenvalue weighted by atomic mass is 10.0. The largest absolute Gasteiger partial charge is 0.255 e. The Morgan fingerprint density at radius 2 is 2.00 bits per heavy atom. The monoisotopic (exact) mass is 142 g/mol. The summed E-state index contributed by atoms with van der Waals surface area (Å²) in [6, 6.07) is 0. The third-order valence-electron chi connectivity index (χ3n) is 2.17. The molecule has 0 saturated carbocycles. The highest BCUT2D eigenvalue weighted by molar-refractivity contribution is 4.65. The Balaban J connectivity index is 2.13. The lowest BCUT2D eigenvalue weighted by Crippen LogP contribution is -2.43. The Kier molecular flexibility index (Phi) is 3.16. The van der Waals surface area contributed by atoms with E-state index in [1.165, 1.54) is 25.9 Å². The van der Waals surface area contributed by atoms with Crippen LogP contribution in [-0.4, -0.2) is 24.6 Å². The van der Waals surface area contributed by atoms with Crippen LogP contribution in [0.3, 0.4) is 0 Å². The molecule has 0 spiro atoms. The SMILES string of the molecule is CCNN1CCC(C)CC1. The average Bonchev–Trinajstić information content (AvgIpc) is 1.95. The van der Waals surface area contributed by atoms with Gasteiger partial charge in [-0.1, -0.05) is 13.8 Å². The molecule has 1 aliphatic heterocycles. The molecular formula is C8H18N2. The van der Waals surface area contributed by atoms with Crippen molar-refractivity contribution in [3.63, 3.8) is 0 Å². The van der Waals surface area contributed by atoms with Gasteiger partial charge in [0.25, 0.3) is 0 Å². The van der Waals surface area contributed by atoms with Gasteiger partial charge >= 0.3 is 0 Å². The van der Waals surface area contributed by atoms with E-state index in [-0.39, 0.29) is 0 Å². The van der Waals surface area contributed by atoms with Crippen molar-refractivity contribution >= 4 is 0 Å². The molecule has 1 N–H and O–H groups in total. The summed E-state index contributed by atoms with van der Waals surface area (Å²) >= 11 is 0. The molecule has 0 aromatic carbocycles. The summed E-state index contributed by atoms with van der Waals surface area (Å²) in [6.07, 6.45) is 2.71. The van der Waals surface area contributed by atoms with E-state index in [2.05, 4.69) is 24.3 Å². The summed E-state index contributed by atoms with van der Waals surface area (Å²) in [5.41, 5.74) is 3.34. The molecule has 10 heavy (non-hydrogen) atoms. The molecule has 1 aliphatic rings. The Labute approximate surface area is 63.6 Å². The van der Waals surface area contributed by atoms with E-state index >= 15 is 0 Å². The summed E-state index contributed by atoms with van der Waals surface area (Å²) < 4.78 is 0. The van der Waals surface area contributed by atoms with Gasteiger partial charge in [-0.2, -0.15) is 0 Å². The minimum atomic E-state index is 0.940. The van der Waals surface area contributed by atoms with Crippen LogP contribution in [0.5, 0.6) is 0 Å². The van der Waals surface area contributed by atoms with Crippen molar-refractivity contribution in [2.24, 2.45) is 5.92 Å². The molecule has 2 nitrogen and oxygen atoms in total. The highest BCUT2D eigenvalue weighted by atomic mass is 15.5. The number of rotatable bonds is 2. The quantitative estimate of drug-likeness (QED) is 0.624. The number of hydrogen-bond donors (Lipinski definition) is 1. The molecular weight excluding hydrogens is 124 g/mol. The molecule has 0 unspecified atom stereocenters. The van der Waals surface area contributed by atoms with Crippen molar-refractivity contribution in [1.29, 1.82) is 0 Å². The van der Waals surface area contributed by atoms with Gasteiger partial charge in [-0.05, 0) is 18.8 Å². The fraction of sp³-hybridized carbons (Fsp3) is 1.00. The fourth-order valence-electron chi connectivity index (χ4n) is 1.39. The third-order valence-corrected chi connectivity index (χ3v) is 2.17. The molecule has 0 bridgehead atoms. The molecule has 0 atom stereocenters. The van der Waals surface area contributed by atoms with Crippen molar-refractivity contribution in [2.75, 3.05) is 19.6 Å². The number of nitrogens with zero attached hydrogens (tertiary/aromatic N) is 1. The van der Waals surface area contributed by atoms with E-state index in [9.17, 15) is 0 Å². The predicted octanol–water partition coefficient (Wildman–Crippen LogP) is 1.24. The zero-order valence-corrected chi connectivity index (χ0v) is 7.06. The number of hydrazine groups is 1. The van der Waals surface area contributed by atoms with Gasteiger partial charge in [-0.15, -0.1) is 0 Å². The van der Waals surface area contributed by atoms with E-state index in [1.54, 1.807) is 0 Å². The Bertz CT molecular complexity index is 85.3. The highest BCUT2D eigenvalue weighted by Gasteiger charge is 2.13. The summed E-state index contributed by atoms with van der Waals surface area (Å²) in [7, 11) is 0. The number of hydrogen-bond acceptors (Lipinski definition) is 2. The van der Waals surface area contributed by atoms with Crippen LogP contribution in [-0.2, 0) is 0 Å².